The highest BCUT2D eigenvalue weighted by Crippen LogP contribution is 2.31. The molecule has 134 valence electrons. The molecule has 4 rings (SSSR count). The highest BCUT2D eigenvalue weighted by molar-refractivity contribution is 6.36. The minimum Gasteiger partial charge on any atom is -0.451 e. The first-order valence-electron chi connectivity index (χ1n) is 7.90. The average molecular weight is 400 g/mol. The maximum Gasteiger partial charge on any atom is 0.336 e. The number of halogens is 2. The standard InChI is InChI=1S/C20H11Cl2NO4/c21-12-2-4-14(15(22)10-12)17-6-7-18(26-17)20(25)23-13-3-5-16-11(9-13)1-8-19(24)27-16/h1-10H,(H,23,25). The SMILES string of the molecule is O=C(Nc1ccc2oc(=O)ccc2c1)c1ccc(-c2ccc(Cl)cc2Cl)o1. The number of anilines is 1. The minimum atomic E-state index is -0.428. The molecule has 0 saturated heterocycles. The molecule has 27 heavy (non-hydrogen) atoms. The van der Waals surface area contributed by atoms with Gasteiger partial charge < -0.3 is 14.2 Å². The lowest BCUT2D eigenvalue weighted by molar-refractivity contribution is 0.0997. The van der Waals surface area contributed by atoms with Gasteiger partial charge in [-0.05, 0) is 54.6 Å². The van der Waals surface area contributed by atoms with Crippen LogP contribution >= 0.6 is 23.2 Å². The van der Waals surface area contributed by atoms with E-state index in [1.165, 1.54) is 6.07 Å². The molecule has 0 bridgehead atoms. The van der Waals surface area contributed by atoms with Crippen molar-refractivity contribution in [2.75, 3.05) is 5.32 Å². The average Bonchev–Trinajstić information content (AvgIpc) is 3.12. The second-order valence-electron chi connectivity index (χ2n) is 5.75. The van der Waals surface area contributed by atoms with E-state index in [4.69, 9.17) is 32.0 Å². The van der Waals surface area contributed by atoms with E-state index in [0.29, 0.717) is 38.0 Å². The molecule has 5 nitrogen and oxygen atoms in total. The van der Waals surface area contributed by atoms with Gasteiger partial charge in [0.05, 0.1) is 5.02 Å². The van der Waals surface area contributed by atoms with Crippen molar-refractivity contribution in [2.24, 2.45) is 0 Å². The fraction of sp³-hybridized carbons (Fsp3) is 0. The fourth-order valence-corrected chi connectivity index (χ4v) is 3.14. The van der Waals surface area contributed by atoms with E-state index in [9.17, 15) is 9.59 Å². The van der Waals surface area contributed by atoms with Crippen LogP contribution in [0.2, 0.25) is 10.0 Å². The van der Waals surface area contributed by atoms with Gasteiger partial charge in [0.25, 0.3) is 5.91 Å². The highest BCUT2D eigenvalue weighted by Gasteiger charge is 2.15. The van der Waals surface area contributed by atoms with E-state index in [1.54, 1.807) is 54.6 Å². The zero-order valence-electron chi connectivity index (χ0n) is 13.7. The number of carbonyl (C=O) groups excluding carboxylic acids is 1. The van der Waals surface area contributed by atoms with Gasteiger partial charge in [-0.25, -0.2) is 4.79 Å². The molecule has 2 aromatic heterocycles. The third-order valence-electron chi connectivity index (χ3n) is 3.90. The maximum absolute atomic E-state index is 12.5. The van der Waals surface area contributed by atoms with Crippen LogP contribution in [0.4, 0.5) is 5.69 Å². The van der Waals surface area contributed by atoms with E-state index in [2.05, 4.69) is 5.32 Å². The maximum atomic E-state index is 12.5. The Labute approximate surface area is 163 Å². The monoisotopic (exact) mass is 399 g/mol. The molecule has 1 amide bonds. The molecule has 0 aliphatic heterocycles. The summed E-state index contributed by atoms with van der Waals surface area (Å²) in [4.78, 5) is 23.7. The summed E-state index contributed by atoms with van der Waals surface area (Å²) in [5.74, 6) is 0.181. The van der Waals surface area contributed by atoms with Crippen LogP contribution in [0, 0.1) is 0 Å². The molecule has 7 heteroatoms. The Bertz CT molecular complexity index is 1230. The Morgan fingerprint density at radius 2 is 1.74 bits per heavy atom. The Balaban J connectivity index is 1.58. The lowest BCUT2D eigenvalue weighted by Gasteiger charge is -2.05. The van der Waals surface area contributed by atoms with Crippen molar-refractivity contribution in [2.45, 2.75) is 0 Å². The van der Waals surface area contributed by atoms with Gasteiger partial charge in [-0.1, -0.05) is 23.2 Å². The Morgan fingerprint density at radius 3 is 2.56 bits per heavy atom. The normalized spacial score (nSPS) is 10.9. The molecule has 0 saturated carbocycles. The van der Waals surface area contributed by atoms with Crippen LogP contribution < -0.4 is 10.9 Å². The van der Waals surface area contributed by atoms with E-state index in [-0.39, 0.29) is 5.76 Å². The summed E-state index contributed by atoms with van der Waals surface area (Å²) < 4.78 is 10.7. The lowest BCUT2D eigenvalue weighted by Crippen LogP contribution is -2.10. The molecule has 2 aromatic carbocycles. The summed E-state index contributed by atoms with van der Waals surface area (Å²) in [7, 11) is 0. The van der Waals surface area contributed by atoms with Gasteiger partial charge in [0.1, 0.15) is 11.3 Å². The summed E-state index contributed by atoms with van der Waals surface area (Å²) in [5.41, 5.74) is 1.20. The molecular weight excluding hydrogens is 389 g/mol. The molecule has 2 heterocycles. The molecule has 0 radical (unpaired) electrons. The summed E-state index contributed by atoms with van der Waals surface area (Å²) in [6, 6.07) is 16.2. The second kappa shape index (κ2) is 6.95. The van der Waals surface area contributed by atoms with Crippen molar-refractivity contribution in [3.63, 3.8) is 0 Å². The Morgan fingerprint density at radius 1 is 0.889 bits per heavy atom. The summed E-state index contributed by atoms with van der Waals surface area (Å²) >= 11 is 12.1. The van der Waals surface area contributed by atoms with Crippen molar-refractivity contribution in [1.29, 1.82) is 0 Å². The van der Waals surface area contributed by atoms with Crippen LogP contribution in [0.15, 0.2) is 74.3 Å². The van der Waals surface area contributed by atoms with Gasteiger partial charge >= 0.3 is 5.63 Å². The van der Waals surface area contributed by atoms with Crippen LogP contribution in [0.3, 0.4) is 0 Å². The summed E-state index contributed by atoms with van der Waals surface area (Å²) in [6.45, 7) is 0. The number of rotatable bonds is 3. The number of hydrogen-bond acceptors (Lipinski definition) is 4. The number of nitrogens with one attached hydrogen (secondary N) is 1. The number of fused-ring (bicyclic) bond motifs is 1. The number of carbonyl (C=O) groups is 1. The zero-order valence-corrected chi connectivity index (χ0v) is 15.2. The molecule has 4 aromatic rings. The lowest BCUT2D eigenvalue weighted by atomic mass is 10.2. The molecule has 0 atom stereocenters. The quantitative estimate of drug-likeness (QED) is 0.454. The molecule has 0 fully saturated rings. The smallest absolute Gasteiger partial charge is 0.336 e. The van der Waals surface area contributed by atoms with Crippen molar-refractivity contribution in [3.05, 3.63) is 86.9 Å². The van der Waals surface area contributed by atoms with Crippen molar-refractivity contribution in [1.82, 2.24) is 0 Å². The number of hydrogen-bond donors (Lipinski definition) is 1. The topological polar surface area (TPSA) is 72.5 Å². The first-order valence-corrected chi connectivity index (χ1v) is 8.66. The van der Waals surface area contributed by atoms with E-state index in [1.807, 2.05) is 0 Å². The number of furan rings is 1. The Hall–Kier alpha value is -3.02. The largest absolute Gasteiger partial charge is 0.451 e. The van der Waals surface area contributed by atoms with Gasteiger partial charge in [-0.3, -0.25) is 4.79 Å². The van der Waals surface area contributed by atoms with Crippen molar-refractivity contribution >= 4 is 45.8 Å². The van der Waals surface area contributed by atoms with E-state index < -0.39 is 11.5 Å². The van der Waals surface area contributed by atoms with Crippen LogP contribution in [0.25, 0.3) is 22.3 Å². The van der Waals surface area contributed by atoms with Crippen molar-refractivity contribution < 1.29 is 13.6 Å². The third kappa shape index (κ3) is 3.60. The molecule has 0 spiro atoms. The first kappa shape index (κ1) is 17.4. The molecule has 0 unspecified atom stereocenters. The minimum absolute atomic E-state index is 0.135. The van der Waals surface area contributed by atoms with Crippen molar-refractivity contribution in [3.8, 4) is 11.3 Å². The Kier molecular flexibility index (Phi) is 4.48. The van der Waals surface area contributed by atoms with Crippen LogP contribution in [0.1, 0.15) is 10.6 Å². The van der Waals surface area contributed by atoms with E-state index in [0.717, 1.165) is 0 Å². The fourth-order valence-electron chi connectivity index (χ4n) is 2.64. The molecule has 1 N–H and O–H groups in total. The molecule has 0 aliphatic rings. The predicted octanol–water partition coefficient (Wildman–Crippen LogP) is 5.61. The third-order valence-corrected chi connectivity index (χ3v) is 4.45. The van der Waals surface area contributed by atoms with Crippen LogP contribution in [-0.4, -0.2) is 5.91 Å². The van der Waals surface area contributed by atoms with Gasteiger partial charge in [-0.15, -0.1) is 0 Å². The predicted molar refractivity (Wildman–Crippen MR) is 105 cm³/mol. The summed E-state index contributed by atoms with van der Waals surface area (Å²) in [6.07, 6.45) is 0. The number of benzene rings is 2. The van der Waals surface area contributed by atoms with Crippen LogP contribution in [0.5, 0.6) is 0 Å². The van der Waals surface area contributed by atoms with Gasteiger partial charge in [-0.2, -0.15) is 0 Å². The van der Waals surface area contributed by atoms with Gasteiger partial charge in [0.15, 0.2) is 5.76 Å². The number of amides is 1. The van der Waals surface area contributed by atoms with Crippen LogP contribution in [-0.2, 0) is 0 Å². The van der Waals surface area contributed by atoms with Gasteiger partial charge in [0.2, 0.25) is 0 Å². The first-order chi connectivity index (χ1) is 13.0. The summed E-state index contributed by atoms with van der Waals surface area (Å²) in [5, 5.41) is 4.39. The zero-order chi connectivity index (χ0) is 19.0. The second-order valence-corrected chi connectivity index (χ2v) is 6.59. The van der Waals surface area contributed by atoms with E-state index >= 15 is 0 Å². The van der Waals surface area contributed by atoms with Gasteiger partial charge in [0, 0.05) is 27.7 Å². The molecular formula is C20H11Cl2NO4. The molecule has 0 aliphatic carbocycles. The highest BCUT2D eigenvalue weighted by atomic mass is 35.5.